The molecule has 3 nitrogen and oxygen atoms in total. The Balaban J connectivity index is 2.69. The first-order chi connectivity index (χ1) is 9.22. The van der Waals surface area contributed by atoms with Crippen LogP contribution in [0.15, 0.2) is 18.2 Å². The summed E-state index contributed by atoms with van der Waals surface area (Å²) < 4.78 is 5.13. The third-order valence-electron chi connectivity index (χ3n) is 3.06. The van der Waals surface area contributed by atoms with E-state index in [0.29, 0.717) is 6.61 Å². The van der Waals surface area contributed by atoms with Crippen molar-refractivity contribution in [1.29, 1.82) is 0 Å². The van der Waals surface area contributed by atoms with E-state index >= 15 is 0 Å². The van der Waals surface area contributed by atoms with Gasteiger partial charge in [0.15, 0.2) is 0 Å². The first-order valence-electron chi connectivity index (χ1n) is 6.95. The van der Waals surface area contributed by atoms with Gasteiger partial charge < -0.3 is 15.0 Å². The number of benzene rings is 1. The maximum atomic E-state index is 6.38. The van der Waals surface area contributed by atoms with Crippen LogP contribution in [0, 0.1) is 0 Å². The summed E-state index contributed by atoms with van der Waals surface area (Å²) >= 11 is 6.38. The van der Waals surface area contributed by atoms with E-state index in [1.807, 2.05) is 0 Å². The smallest absolute Gasteiger partial charge is 0.0642 e. The predicted octanol–water partition coefficient (Wildman–Crippen LogP) is 3.31. The molecule has 0 atom stereocenters. The van der Waals surface area contributed by atoms with Gasteiger partial charge in [-0.15, -0.1) is 0 Å². The molecular formula is C15H25ClN2O. The standard InChI is InChI=1S/C15H25ClN2O/c1-4-8-17-12-13-6-7-15(14(16)11-13)18(5-2)9-10-19-3/h6-7,11,17H,4-5,8-10,12H2,1-3H3. The molecule has 1 aromatic rings. The van der Waals surface area contributed by atoms with E-state index in [2.05, 4.69) is 42.3 Å². The second-order valence-corrected chi connectivity index (χ2v) is 4.94. The molecule has 0 aliphatic rings. The van der Waals surface area contributed by atoms with Gasteiger partial charge in [-0.2, -0.15) is 0 Å². The largest absolute Gasteiger partial charge is 0.383 e. The topological polar surface area (TPSA) is 24.5 Å². The summed E-state index contributed by atoms with van der Waals surface area (Å²) in [6, 6.07) is 6.29. The zero-order valence-electron chi connectivity index (χ0n) is 12.2. The van der Waals surface area contributed by atoms with Gasteiger partial charge in [-0.25, -0.2) is 0 Å². The number of rotatable bonds is 9. The Bertz CT molecular complexity index is 371. The van der Waals surface area contributed by atoms with Crippen LogP contribution in [-0.2, 0) is 11.3 Å². The van der Waals surface area contributed by atoms with Crippen molar-refractivity contribution in [1.82, 2.24) is 5.32 Å². The lowest BCUT2D eigenvalue weighted by atomic mass is 10.2. The zero-order valence-corrected chi connectivity index (χ0v) is 13.0. The molecule has 0 unspecified atom stereocenters. The van der Waals surface area contributed by atoms with Crippen LogP contribution in [0.25, 0.3) is 0 Å². The fourth-order valence-corrected chi connectivity index (χ4v) is 2.30. The molecule has 0 aliphatic carbocycles. The number of likely N-dealkylation sites (N-methyl/N-ethyl adjacent to an activating group) is 1. The average Bonchev–Trinajstić information content (AvgIpc) is 2.41. The molecule has 0 radical (unpaired) electrons. The minimum absolute atomic E-state index is 0.712. The molecule has 0 aromatic heterocycles. The number of anilines is 1. The highest BCUT2D eigenvalue weighted by Gasteiger charge is 2.09. The SMILES string of the molecule is CCCNCc1ccc(N(CC)CCOC)c(Cl)c1. The van der Waals surface area contributed by atoms with E-state index in [4.69, 9.17) is 16.3 Å². The first kappa shape index (κ1) is 16.3. The number of hydrogen-bond acceptors (Lipinski definition) is 3. The van der Waals surface area contributed by atoms with Gasteiger partial charge in [0.1, 0.15) is 0 Å². The minimum Gasteiger partial charge on any atom is -0.383 e. The van der Waals surface area contributed by atoms with E-state index in [1.54, 1.807) is 7.11 Å². The normalized spacial score (nSPS) is 10.7. The van der Waals surface area contributed by atoms with Crippen LogP contribution in [0.1, 0.15) is 25.8 Å². The van der Waals surface area contributed by atoms with Crippen molar-refractivity contribution in [3.63, 3.8) is 0 Å². The second kappa shape index (κ2) is 9.18. The molecule has 0 bridgehead atoms. The van der Waals surface area contributed by atoms with E-state index < -0.39 is 0 Å². The van der Waals surface area contributed by atoms with Crippen LogP contribution >= 0.6 is 11.6 Å². The van der Waals surface area contributed by atoms with Gasteiger partial charge >= 0.3 is 0 Å². The Morgan fingerprint density at radius 2 is 2.11 bits per heavy atom. The van der Waals surface area contributed by atoms with Crippen LogP contribution in [0.2, 0.25) is 5.02 Å². The predicted molar refractivity (Wildman–Crippen MR) is 83.2 cm³/mol. The van der Waals surface area contributed by atoms with Crippen molar-refractivity contribution in [3.8, 4) is 0 Å². The van der Waals surface area contributed by atoms with Crippen LogP contribution in [0.5, 0.6) is 0 Å². The quantitative estimate of drug-likeness (QED) is 0.704. The summed E-state index contributed by atoms with van der Waals surface area (Å²) in [5.41, 5.74) is 2.31. The monoisotopic (exact) mass is 284 g/mol. The number of hydrogen-bond donors (Lipinski definition) is 1. The van der Waals surface area contributed by atoms with Gasteiger partial charge in [0.2, 0.25) is 0 Å². The highest BCUT2D eigenvalue weighted by atomic mass is 35.5. The van der Waals surface area contributed by atoms with Crippen LogP contribution in [-0.4, -0.2) is 33.4 Å². The molecule has 0 heterocycles. The summed E-state index contributed by atoms with van der Waals surface area (Å²) in [4.78, 5) is 2.23. The maximum absolute atomic E-state index is 6.38. The molecule has 1 rings (SSSR count). The lowest BCUT2D eigenvalue weighted by molar-refractivity contribution is 0.205. The van der Waals surface area contributed by atoms with Crippen LogP contribution in [0.4, 0.5) is 5.69 Å². The number of halogens is 1. The van der Waals surface area contributed by atoms with Gasteiger partial charge in [-0.3, -0.25) is 0 Å². The van der Waals surface area contributed by atoms with Gasteiger partial charge in [0.05, 0.1) is 17.3 Å². The Labute approximate surface area is 121 Å². The number of nitrogens with zero attached hydrogens (tertiary/aromatic N) is 1. The Morgan fingerprint density at radius 3 is 2.68 bits per heavy atom. The summed E-state index contributed by atoms with van der Waals surface area (Å²) in [5, 5.41) is 4.20. The molecule has 0 saturated heterocycles. The fourth-order valence-electron chi connectivity index (χ4n) is 1.98. The van der Waals surface area contributed by atoms with Gasteiger partial charge in [-0.1, -0.05) is 24.6 Å². The van der Waals surface area contributed by atoms with E-state index in [0.717, 1.165) is 43.3 Å². The van der Waals surface area contributed by atoms with Crippen molar-refractivity contribution >= 4 is 17.3 Å². The molecular weight excluding hydrogens is 260 g/mol. The van der Waals surface area contributed by atoms with E-state index in [9.17, 15) is 0 Å². The van der Waals surface area contributed by atoms with Crippen molar-refractivity contribution in [2.45, 2.75) is 26.8 Å². The number of methoxy groups -OCH3 is 1. The molecule has 0 fully saturated rings. The van der Waals surface area contributed by atoms with E-state index in [1.165, 1.54) is 5.56 Å². The Kier molecular flexibility index (Phi) is 7.87. The average molecular weight is 285 g/mol. The third kappa shape index (κ3) is 5.39. The first-order valence-corrected chi connectivity index (χ1v) is 7.33. The fraction of sp³-hybridized carbons (Fsp3) is 0.600. The van der Waals surface area contributed by atoms with Crippen molar-refractivity contribution < 1.29 is 4.74 Å². The molecule has 1 aromatic carbocycles. The second-order valence-electron chi connectivity index (χ2n) is 4.54. The minimum atomic E-state index is 0.712. The zero-order chi connectivity index (χ0) is 14.1. The van der Waals surface area contributed by atoms with Crippen molar-refractivity contribution in [2.24, 2.45) is 0 Å². The summed E-state index contributed by atoms with van der Waals surface area (Å²) in [5.74, 6) is 0. The molecule has 0 saturated carbocycles. The highest BCUT2D eigenvalue weighted by Crippen LogP contribution is 2.26. The van der Waals surface area contributed by atoms with Gasteiger partial charge in [0.25, 0.3) is 0 Å². The molecule has 0 spiro atoms. The third-order valence-corrected chi connectivity index (χ3v) is 3.36. The van der Waals surface area contributed by atoms with Gasteiger partial charge in [0, 0.05) is 26.7 Å². The molecule has 108 valence electrons. The number of ether oxygens (including phenoxy) is 1. The molecule has 0 amide bonds. The number of nitrogens with one attached hydrogen (secondary N) is 1. The maximum Gasteiger partial charge on any atom is 0.0642 e. The Morgan fingerprint density at radius 1 is 1.32 bits per heavy atom. The van der Waals surface area contributed by atoms with Crippen LogP contribution < -0.4 is 10.2 Å². The summed E-state index contributed by atoms with van der Waals surface area (Å²) in [7, 11) is 1.72. The molecule has 4 heteroatoms. The lowest BCUT2D eigenvalue weighted by Crippen LogP contribution is -2.27. The highest BCUT2D eigenvalue weighted by molar-refractivity contribution is 6.33. The molecule has 0 aliphatic heterocycles. The van der Waals surface area contributed by atoms with Gasteiger partial charge in [-0.05, 0) is 37.6 Å². The van der Waals surface area contributed by atoms with Crippen molar-refractivity contribution in [3.05, 3.63) is 28.8 Å². The van der Waals surface area contributed by atoms with Crippen molar-refractivity contribution in [2.75, 3.05) is 38.3 Å². The lowest BCUT2D eigenvalue weighted by Gasteiger charge is -2.24. The molecule has 19 heavy (non-hydrogen) atoms. The summed E-state index contributed by atoms with van der Waals surface area (Å²) in [6.07, 6.45) is 1.15. The summed E-state index contributed by atoms with van der Waals surface area (Å²) in [6.45, 7) is 8.70. The molecule has 1 N–H and O–H groups in total. The van der Waals surface area contributed by atoms with Crippen LogP contribution in [0.3, 0.4) is 0 Å². The Hall–Kier alpha value is -0.770. The van der Waals surface area contributed by atoms with E-state index in [-0.39, 0.29) is 0 Å².